The number of nitrogens with zero attached hydrogens (tertiary/aromatic N) is 2. The molecule has 3 N–H and O–H groups in total. The Morgan fingerprint density at radius 3 is 2.56 bits per heavy atom. The number of aromatic nitrogens is 3. The van der Waals surface area contributed by atoms with Gasteiger partial charge in [0.2, 0.25) is 5.95 Å². The van der Waals surface area contributed by atoms with Gasteiger partial charge in [-0.2, -0.15) is 4.98 Å². The van der Waals surface area contributed by atoms with E-state index in [0.29, 0.717) is 11.8 Å². The summed E-state index contributed by atoms with van der Waals surface area (Å²) >= 11 is 0. The summed E-state index contributed by atoms with van der Waals surface area (Å²) in [6.45, 7) is 2.03. The Morgan fingerprint density at radius 2 is 1.72 bits per heavy atom. The summed E-state index contributed by atoms with van der Waals surface area (Å²) in [6.07, 6.45) is 1.67. The first-order valence-corrected chi connectivity index (χ1v) is 7.88. The Balaban J connectivity index is 1.54. The largest absolute Gasteiger partial charge is 0.359 e. The number of halogens is 1. The van der Waals surface area contributed by atoms with E-state index in [1.165, 1.54) is 12.1 Å². The summed E-state index contributed by atoms with van der Waals surface area (Å²) in [6, 6.07) is 16.0. The summed E-state index contributed by atoms with van der Waals surface area (Å²) < 4.78 is 13.0. The van der Waals surface area contributed by atoms with Crippen LogP contribution in [0.2, 0.25) is 0 Å². The van der Waals surface area contributed by atoms with E-state index in [2.05, 4.69) is 37.7 Å². The quantitative estimate of drug-likeness (QED) is 0.497. The lowest BCUT2D eigenvalue weighted by molar-refractivity contribution is 0.628. The van der Waals surface area contributed by atoms with Crippen LogP contribution in [0.4, 0.5) is 27.5 Å². The molecule has 25 heavy (non-hydrogen) atoms. The highest BCUT2D eigenvalue weighted by molar-refractivity contribution is 5.84. The van der Waals surface area contributed by atoms with Gasteiger partial charge in [0.25, 0.3) is 0 Å². The monoisotopic (exact) mass is 333 g/mol. The van der Waals surface area contributed by atoms with Gasteiger partial charge in [-0.3, -0.25) is 0 Å². The van der Waals surface area contributed by atoms with Crippen LogP contribution >= 0.6 is 0 Å². The van der Waals surface area contributed by atoms with Gasteiger partial charge in [-0.1, -0.05) is 0 Å². The molecule has 0 unspecified atom stereocenters. The minimum absolute atomic E-state index is 0.280. The van der Waals surface area contributed by atoms with Gasteiger partial charge in [0.05, 0.1) is 0 Å². The predicted molar refractivity (Wildman–Crippen MR) is 98.0 cm³/mol. The fourth-order valence-electron chi connectivity index (χ4n) is 2.65. The molecule has 0 saturated carbocycles. The summed E-state index contributed by atoms with van der Waals surface area (Å²) in [7, 11) is 0. The third-order valence-electron chi connectivity index (χ3n) is 3.78. The van der Waals surface area contributed by atoms with Crippen LogP contribution in [-0.2, 0) is 0 Å². The third-order valence-corrected chi connectivity index (χ3v) is 3.78. The molecule has 0 bridgehead atoms. The molecule has 0 atom stereocenters. The average Bonchev–Trinajstić information content (AvgIpc) is 2.97. The third kappa shape index (κ3) is 3.42. The summed E-state index contributed by atoms with van der Waals surface area (Å²) in [4.78, 5) is 11.9. The van der Waals surface area contributed by atoms with Crippen molar-refractivity contribution in [2.45, 2.75) is 6.92 Å². The van der Waals surface area contributed by atoms with Crippen molar-refractivity contribution < 1.29 is 4.39 Å². The Hall–Kier alpha value is -3.41. The van der Waals surface area contributed by atoms with Crippen LogP contribution in [0.5, 0.6) is 0 Å². The number of hydrogen-bond acceptors (Lipinski definition) is 4. The molecule has 4 aromatic rings. The van der Waals surface area contributed by atoms with Crippen LogP contribution in [0.15, 0.2) is 60.8 Å². The van der Waals surface area contributed by atoms with Crippen molar-refractivity contribution in [1.29, 1.82) is 0 Å². The second-order valence-corrected chi connectivity index (χ2v) is 5.78. The molecule has 5 nitrogen and oxygen atoms in total. The molecule has 6 heteroatoms. The van der Waals surface area contributed by atoms with Crippen molar-refractivity contribution in [2.75, 3.05) is 10.6 Å². The van der Waals surface area contributed by atoms with Gasteiger partial charge in [0, 0.05) is 34.2 Å². The maximum absolute atomic E-state index is 13.0. The lowest BCUT2D eigenvalue weighted by atomic mass is 10.2. The molecule has 0 saturated heterocycles. The second kappa shape index (κ2) is 6.24. The minimum atomic E-state index is -0.280. The van der Waals surface area contributed by atoms with Crippen LogP contribution in [0, 0.1) is 12.7 Å². The molecule has 4 rings (SSSR count). The first-order valence-electron chi connectivity index (χ1n) is 7.88. The van der Waals surface area contributed by atoms with Crippen molar-refractivity contribution in [3.8, 4) is 0 Å². The van der Waals surface area contributed by atoms with Crippen LogP contribution in [0.25, 0.3) is 10.9 Å². The van der Waals surface area contributed by atoms with Crippen LogP contribution in [-0.4, -0.2) is 15.0 Å². The van der Waals surface area contributed by atoms with Gasteiger partial charge in [-0.05, 0) is 61.5 Å². The fraction of sp³-hybridized carbons (Fsp3) is 0.0526. The first kappa shape index (κ1) is 15.1. The van der Waals surface area contributed by atoms with Gasteiger partial charge in [0.15, 0.2) is 0 Å². The molecule has 2 aromatic carbocycles. The van der Waals surface area contributed by atoms with Gasteiger partial charge in [-0.25, -0.2) is 9.37 Å². The van der Waals surface area contributed by atoms with E-state index in [1.807, 2.05) is 19.1 Å². The molecule has 2 aromatic heterocycles. The van der Waals surface area contributed by atoms with Crippen molar-refractivity contribution in [2.24, 2.45) is 0 Å². The number of rotatable bonds is 4. The van der Waals surface area contributed by atoms with E-state index in [1.54, 1.807) is 24.4 Å². The molecular formula is C19H16FN5. The van der Waals surface area contributed by atoms with Crippen molar-refractivity contribution in [3.63, 3.8) is 0 Å². The molecule has 0 aliphatic rings. The maximum Gasteiger partial charge on any atom is 0.229 e. The highest BCUT2D eigenvalue weighted by atomic mass is 19.1. The number of fused-ring (bicyclic) bond motifs is 1. The number of hydrogen-bond donors (Lipinski definition) is 3. The SMILES string of the molecule is Cc1cc2cc(Nc3ccnc(Nc4ccc(F)cc4)n3)ccc2[nH]1. The molecule has 0 aliphatic heterocycles. The Morgan fingerprint density at radius 1 is 0.920 bits per heavy atom. The molecule has 0 radical (unpaired) electrons. The zero-order chi connectivity index (χ0) is 17.2. The smallest absolute Gasteiger partial charge is 0.229 e. The summed E-state index contributed by atoms with van der Waals surface area (Å²) in [5, 5.41) is 7.47. The molecule has 0 fully saturated rings. The Labute approximate surface area is 144 Å². The molecule has 0 spiro atoms. The number of aryl methyl sites for hydroxylation is 1. The zero-order valence-corrected chi connectivity index (χ0v) is 13.5. The summed E-state index contributed by atoms with van der Waals surface area (Å²) in [5.74, 6) is 0.832. The van der Waals surface area contributed by atoms with Gasteiger partial charge in [-0.15, -0.1) is 0 Å². The standard InChI is InChI=1S/C19H16FN5/c1-12-10-13-11-16(6-7-17(13)22-12)23-18-8-9-21-19(25-18)24-15-4-2-14(20)3-5-15/h2-11,22H,1H3,(H2,21,23,24,25). The number of anilines is 4. The lowest BCUT2D eigenvalue weighted by Gasteiger charge is -2.08. The number of aromatic amines is 1. The summed E-state index contributed by atoms with van der Waals surface area (Å²) in [5.41, 5.74) is 3.89. The zero-order valence-electron chi connectivity index (χ0n) is 13.5. The first-order chi connectivity index (χ1) is 12.2. The Bertz CT molecular complexity index is 1020. The van der Waals surface area contributed by atoms with Crippen molar-refractivity contribution >= 4 is 34.0 Å². The van der Waals surface area contributed by atoms with E-state index in [-0.39, 0.29) is 5.82 Å². The topological polar surface area (TPSA) is 65.6 Å². The van der Waals surface area contributed by atoms with Gasteiger partial charge < -0.3 is 15.6 Å². The number of nitrogens with one attached hydrogen (secondary N) is 3. The molecule has 0 amide bonds. The van der Waals surface area contributed by atoms with E-state index in [4.69, 9.17) is 0 Å². The molecular weight excluding hydrogens is 317 g/mol. The number of H-pyrrole nitrogens is 1. The van der Waals surface area contributed by atoms with E-state index >= 15 is 0 Å². The lowest BCUT2D eigenvalue weighted by Crippen LogP contribution is -2.00. The van der Waals surface area contributed by atoms with E-state index < -0.39 is 0 Å². The minimum Gasteiger partial charge on any atom is -0.359 e. The van der Waals surface area contributed by atoms with Crippen molar-refractivity contribution in [1.82, 2.24) is 15.0 Å². The fourth-order valence-corrected chi connectivity index (χ4v) is 2.65. The molecule has 0 aliphatic carbocycles. The van der Waals surface area contributed by atoms with Crippen LogP contribution in [0.3, 0.4) is 0 Å². The van der Waals surface area contributed by atoms with E-state index in [0.717, 1.165) is 28.0 Å². The normalized spacial score (nSPS) is 10.8. The highest BCUT2D eigenvalue weighted by Crippen LogP contribution is 2.23. The average molecular weight is 333 g/mol. The predicted octanol–water partition coefficient (Wildman–Crippen LogP) is 4.89. The Kier molecular flexibility index (Phi) is 3.78. The van der Waals surface area contributed by atoms with Gasteiger partial charge >= 0.3 is 0 Å². The van der Waals surface area contributed by atoms with Crippen LogP contribution < -0.4 is 10.6 Å². The maximum atomic E-state index is 13.0. The van der Waals surface area contributed by atoms with Gasteiger partial charge in [0.1, 0.15) is 11.6 Å². The molecule has 2 heterocycles. The van der Waals surface area contributed by atoms with Crippen LogP contribution in [0.1, 0.15) is 5.69 Å². The second-order valence-electron chi connectivity index (χ2n) is 5.78. The van der Waals surface area contributed by atoms with E-state index in [9.17, 15) is 4.39 Å². The number of benzene rings is 2. The van der Waals surface area contributed by atoms with Crippen molar-refractivity contribution in [3.05, 3.63) is 72.3 Å². The molecule has 124 valence electrons. The highest BCUT2D eigenvalue weighted by Gasteiger charge is 2.03.